The summed E-state index contributed by atoms with van der Waals surface area (Å²) in [4.78, 5) is 94.8. The number of aliphatic hydroxyl groups is 2. The molecule has 10 heterocycles. The van der Waals surface area contributed by atoms with Crippen LogP contribution in [0.2, 0.25) is 0 Å². The van der Waals surface area contributed by atoms with Crippen LogP contribution in [0.3, 0.4) is 0 Å². The summed E-state index contributed by atoms with van der Waals surface area (Å²) in [5.74, 6) is -3.86. The van der Waals surface area contributed by atoms with E-state index in [9.17, 15) is 54.6 Å². The molecule has 4 unspecified atom stereocenters. The summed E-state index contributed by atoms with van der Waals surface area (Å²) in [6.07, 6.45) is -2.75. The van der Waals surface area contributed by atoms with E-state index in [1.807, 2.05) is 163 Å². The van der Waals surface area contributed by atoms with Gasteiger partial charge in [-0.05, 0) is 263 Å². The molecule has 23 nitrogen and oxygen atoms in total. The first-order chi connectivity index (χ1) is 48.8. The molecular weight excluding hydrogens is 1310 g/mol. The van der Waals surface area contributed by atoms with Crippen molar-refractivity contribution >= 4 is 119 Å². The number of hydrogen-bond acceptors (Lipinski definition) is 14. The molecule has 0 spiro atoms. The van der Waals surface area contributed by atoms with Crippen LogP contribution in [0, 0.1) is 27.7 Å². The number of carboxylic acid groups (broad SMARTS) is 4. The van der Waals surface area contributed by atoms with Gasteiger partial charge in [-0.25, -0.2) is 19.9 Å². The second-order valence-electron chi connectivity index (χ2n) is 27.3. The molecule has 0 saturated heterocycles. The van der Waals surface area contributed by atoms with Gasteiger partial charge in [0.05, 0.1) is 70.0 Å². The third-order valence-corrected chi connectivity index (χ3v) is 19.8. The minimum Gasteiger partial charge on any atom is -0.481 e. The van der Waals surface area contributed by atoms with Gasteiger partial charge in [0.1, 0.15) is 0 Å². The number of amides is 1. The van der Waals surface area contributed by atoms with E-state index in [2.05, 4.69) is 36.1 Å². The fourth-order valence-electron chi connectivity index (χ4n) is 14.4. The summed E-state index contributed by atoms with van der Waals surface area (Å²) in [7, 11) is 1.82. The fraction of sp³-hybridized carbons (Fsp3) is 0.362. The van der Waals surface area contributed by atoms with E-state index >= 15 is 0 Å². The zero-order chi connectivity index (χ0) is 74.7. The van der Waals surface area contributed by atoms with Crippen LogP contribution in [0.5, 0.6) is 0 Å². The summed E-state index contributed by atoms with van der Waals surface area (Å²) >= 11 is 0. The number of hydrogen-bond donors (Lipinski definition) is 13. The molecule has 0 saturated carbocycles. The number of ether oxygens (including phenoxy) is 1. The first-order valence-electron chi connectivity index (χ1n) is 34.8. The third kappa shape index (κ3) is 16.4. The number of aliphatic hydroxyl groups excluding tert-OH is 2. The van der Waals surface area contributed by atoms with Gasteiger partial charge in [-0.1, -0.05) is 12.1 Å². The number of fused-ring (bicyclic) bond motifs is 16. The maximum Gasteiger partial charge on any atom is 0.303 e. The van der Waals surface area contributed by atoms with E-state index in [1.165, 1.54) is 0 Å². The van der Waals surface area contributed by atoms with Crippen LogP contribution in [0.25, 0.3) is 88.7 Å². The molecule has 540 valence electrons. The normalized spacial score (nSPS) is 14.3. The summed E-state index contributed by atoms with van der Waals surface area (Å²) in [5.41, 5.74) is 30.2. The van der Waals surface area contributed by atoms with Gasteiger partial charge in [0.2, 0.25) is 0 Å². The molecule has 0 fully saturated rings. The maximum atomic E-state index is 12.1. The molecule has 0 radical (unpaired) electrons. The number of aliphatic carboxylic acids is 4. The number of aromatic nitrogens is 8. The lowest BCUT2D eigenvalue weighted by atomic mass is 9.98. The Morgan fingerprint density at radius 3 is 1.01 bits per heavy atom. The highest BCUT2D eigenvalue weighted by Crippen LogP contribution is 2.44. The molecule has 4 aliphatic rings. The van der Waals surface area contributed by atoms with Crippen LogP contribution in [0.15, 0.2) is 72.8 Å². The second kappa shape index (κ2) is 31.4. The molecule has 6 aromatic heterocycles. The van der Waals surface area contributed by atoms with Crippen molar-refractivity contribution in [1.82, 2.24) is 56.0 Å². The summed E-state index contributed by atoms with van der Waals surface area (Å²) in [6.45, 7) is 27.6. The summed E-state index contributed by atoms with van der Waals surface area (Å²) in [5, 5.41) is 65.1. The van der Waals surface area contributed by atoms with Crippen molar-refractivity contribution in [3.8, 4) is 0 Å². The molecular formula is C80H93N11O12. The SMILES string of the molecule is CC1=C(CCC(=O)O)c2cc3nc(cc4[nH]c(cc5[nH]c(cc1n2)c(C)c5C(C)O)c(C)c4C(C)OC(C)c1c(C)c2cc4nc(cc5nc(cc6[nH]c(cc1[nH]2)c(C)c6C(C)O)C(C)=C5CCC(=O)O)C(CCC(=O)O)=C4C)C(C)=C3CCC(=O)O.CNNCc1ccc(C(=O)NC(C)C)cc1. The van der Waals surface area contributed by atoms with E-state index < -0.39 is 48.3 Å². The lowest BCUT2D eigenvalue weighted by molar-refractivity contribution is -0.137. The standard InChI is InChI=1S/C68H74N8O11.C12H19N3O/c1-29-41(13-17-61(79)80)53-28-56-44(16-20-64(85)86)32(4)48(72-56)24-59-68(36(8)52(76-59)25-58-65(37(9)77)33(5)49(73-58)21-45(29)69-53)40(12)87-39(11)67-35(7)50-22-46-30(2)42(14-18-62(81)82)54(70-46)27-55-43(15-19-63(83)84)31(3)47(71-55)23-57-66(38(10)78)34(6)51(74-57)26-60(67)75-50;1-9(2)15-12(16)11-6-4-10(5-7-11)8-14-13-3/h21-28,37-40,73-78H,13-20H2,1-12H3,(H,79,80)(H,81,82)(H,83,84)(H,85,86);4-7,9,13-14H,8H2,1-3H3,(H,15,16). The van der Waals surface area contributed by atoms with Crippen LogP contribution in [0.1, 0.15) is 251 Å². The van der Waals surface area contributed by atoms with Crippen molar-refractivity contribution < 1.29 is 59.3 Å². The Morgan fingerprint density at radius 2 is 0.699 bits per heavy atom. The van der Waals surface area contributed by atoms with Gasteiger partial charge >= 0.3 is 23.9 Å². The van der Waals surface area contributed by atoms with Crippen molar-refractivity contribution in [2.45, 2.75) is 185 Å². The number of H-pyrrole nitrogens is 4. The van der Waals surface area contributed by atoms with E-state index in [4.69, 9.17) is 24.7 Å². The van der Waals surface area contributed by atoms with Crippen molar-refractivity contribution in [3.63, 3.8) is 0 Å². The number of aromatic amines is 4. The van der Waals surface area contributed by atoms with Crippen molar-refractivity contribution in [3.05, 3.63) is 174 Å². The van der Waals surface area contributed by atoms with Gasteiger partial charge in [-0.3, -0.25) is 34.8 Å². The minimum atomic E-state index is -0.964. The molecule has 4 atom stereocenters. The van der Waals surface area contributed by atoms with Crippen LogP contribution in [0.4, 0.5) is 0 Å². The zero-order valence-corrected chi connectivity index (χ0v) is 61.1. The van der Waals surface area contributed by atoms with E-state index in [1.54, 1.807) is 13.8 Å². The van der Waals surface area contributed by atoms with Crippen LogP contribution < -0.4 is 16.2 Å². The number of allylic oxidation sites excluding steroid dienone is 8. The van der Waals surface area contributed by atoms with Gasteiger partial charge in [0.15, 0.2) is 0 Å². The highest BCUT2D eigenvalue weighted by Gasteiger charge is 2.29. The Bertz CT molecular complexity index is 5070. The van der Waals surface area contributed by atoms with Crippen LogP contribution in [-0.2, 0) is 30.5 Å². The molecule has 13 N–H and O–H groups in total. The highest BCUT2D eigenvalue weighted by molar-refractivity contribution is 5.99. The van der Waals surface area contributed by atoms with E-state index in [-0.39, 0.29) is 63.3 Å². The smallest absolute Gasteiger partial charge is 0.303 e. The number of carboxylic acids is 4. The average molecular weight is 1400 g/mol. The molecule has 11 rings (SSSR count). The first kappa shape index (κ1) is 75.2. The Balaban J connectivity index is 0.000000630. The van der Waals surface area contributed by atoms with Crippen molar-refractivity contribution in [2.24, 2.45) is 0 Å². The number of hydrazine groups is 1. The number of carbonyl (C=O) groups excluding carboxylic acids is 1. The lowest BCUT2D eigenvalue weighted by Gasteiger charge is -2.20. The van der Waals surface area contributed by atoms with Gasteiger partial charge in [0.25, 0.3) is 5.91 Å². The van der Waals surface area contributed by atoms with Crippen LogP contribution >= 0.6 is 0 Å². The largest absolute Gasteiger partial charge is 0.481 e. The number of aryl methyl sites for hydroxylation is 4. The first-order valence-corrected chi connectivity index (χ1v) is 34.8. The van der Waals surface area contributed by atoms with Gasteiger partial charge in [-0.2, -0.15) is 0 Å². The number of benzene rings is 1. The molecule has 4 aliphatic heterocycles. The molecule has 1 amide bonds. The van der Waals surface area contributed by atoms with Gasteiger partial charge < -0.3 is 60.6 Å². The predicted octanol–water partition coefficient (Wildman–Crippen LogP) is 15.4. The zero-order valence-electron chi connectivity index (χ0n) is 61.1. The minimum absolute atomic E-state index is 0.0249. The Hall–Kier alpha value is -10.4. The fourth-order valence-corrected chi connectivity index (χ4v) is 14.4. The van der Waals surface area contributed by atoms with Crippen molar-refractivity contribution in [1.29, 1.82) is 0 Å². The average Bonchev–Trinajstić information content (AvgIpc) is 1.62. The lowest BCUT2D eigenvalue weighted by Crippen LogP contribution is -2.30. The molecule has 7 aromatic rings. The van der Waals surface area contributed by atoms with Gasteiger partial charge in [0, 0.05) is 110 Å². The van der Waals surface area contributed by atoms with Crippen molar-refractivity contribution in [2.75, 3.05) is 7.05 Å². The number of nitrogens with one attached hydrogen (secondary N) is 7. The molecule has 1 aromatic carbocycles. The highest BCUT2D eigenvalue weighted by atomic mass is 16.5. The van der Waals surface area contributed by atoms with Gasteiger partial charge in [-0.15, -0.1) is 0 Å². The molecule has 103 heavy (non-hydrogen) atoms. The van der Waals surface area contributed by atoms with E-state index in [0.717, 1.165) is 101 Å². The summed E-state index contributed by atoms with van der Waals surface area (Å²) < 4.78 is 7.28. The molecule has 23 heteroatoms. The Morgan fingerprint density at radius 1 is 0.408 bits per heavy atom. The Kier molecular flexibility index (Phi) is 23.0. The molecule has 0 aliphatic carbocycles. The van der Waals surface area contributed by atoms with E-state index in [0.29, 0.717) is 95.3 Å². The second-order valence-corrected chi connectivity index (χ2v) is 27.3. The quantitative estimate of drug-likeness (QED) is 0.0265. The maximum absolute atomic E-state index is 12.1. The predicted molar refractivity (Wildman–Crippen MR) is 403 cm³/mol. The monoisotopic (exact) mass is 1400 g/mol. The number of carbonyl (C=O) groups is 5. The summed E-state index contributed by atoms with van der Waals surface area (Å²) in [6, 6.07) is 23.0. The number of rotatable bonds is 23. The van der Waals surface area contributed by atoms with Crippen LogP contribution in [-0.4, -0.2) is 113 Å². The Labute approximate surface area is 597 Å². The number of nitrogens with zero attached hydrogens (tertiary/aromatic N) is 4. The third-order valence-electron chi connectivity index (χ3n) is 19.8. The topological polar surface area (TPSA) is 367 Å². The molecule has 16 bridgehead atoms.